The second-order valence-electron chi connectivity index (χ2n) is 5.40. The molecule has 1 aliphatic rings. The predicted molar refractivity (Wildman–Crippen MR) is 66.0 cm³/mol. The summed E-state index contributed by atoms with van der Waals surface area (Å²) in [5, 5.41) is 0. The lowest BCUT2D eigenvalue weighted by atomic mass is 9.94. The van der Waals surface area contributed by atoms with E-state index in [0.29, 0.717) is 11.6 Å². The number of piperazine rings is 1. The monoisotopic (exact) mass is 213 g/mol. The van der Waals surface area contributed by atoms with Crippen LogP contribution in [0.25, 0.3) is 0 Å². The molecule has 1 unspecified atom stereocenters. The lowest BCUT2D eigenvalue weighted by Gasteiger charge is -2.50. The fraction of sp³-hybridized carbons (Fsp3) is 1.00. The van der Waals surface area contributed by atoms with E-state index in [1.807, 2.05) is 0 Å². The second kappa shape index (κ2) is 5.28. The van der Waals surface area contributed by atoms with Crippen molar-refractivity contribution in [2.24, 2.45) is 5.73 Å². The molecule has 3 nitrogen and oxygen atoms in total. The van der Waals surface area contributed by atoms with E-state index in [-0.39, 0.29) is 0 Å². The van der Waals surface area contributed by atoms with Crippen LogP contribution in [-0.4, -0.2) is 54.6 Å². The SMILES string of the molecule is CCCN1CC(CCN)N(C)CC1(C)C. The quantitative estimate of drug-likeness (QED) is 0.760. The van der Waals surface area contributed by atoms with Crippen LogP contribution >= 0.6 is 0 Å². The summed E-state index contributed by atoms with van der Waals surface area (Å²) in [7, 11) is 2.23. The van der Waals surface area contributed by atoms with Crippen LogP contribution in [0.5, 0.6) is 0 Å². The van der Waals surface area contributed by atoms with Gasteiger partial charge in [-0.1, -0.05) is 6.92 Å². The minimum Gasteiger partial charge on any atom is -0.330 e. The summed E-state index contributed by atoms with van der Waals surface area (Å²) < 4.78 is 0. The Labute approximate surface area is 94.6 Å². The molecule has 1 saturated heterocycles. The molecule has 0 aromatic carbocycles. The Morgan fingerprint density at radius 2 is 2.07 bits per heavy atom. The summed E-state index contributed by atoms with van der Waals surface area (Å²) in [4.78, 5) is 5.09. The molecule has 2 N–H and O–H groups in total. The van der Waals surface area contributed by atoms with E-state index in [9.17, 15) is 0 Å². The van der Waals surface area contributed by atoms with Crippen LogP contribution in [0, 0.1) is 0 Å². The molecule has 0 aromatic rings. The second-order valence-corrected chi connectivity index (χ2v) is 5.40. The first-order valence-corrected chi connectivity index (χ1v) is 6.16. The normalized spacial score (nSPS) is 28.2. The van der Waals surface area contributed by atoms with Crippen molar-refractivity contribution < 1.29 is 0 Å². The van der Waals surface area contributed by atoms with Gasteiger partial charge in [-0.15, -0.1) is 0 Å². The van der Waals surface area contributed by atoms with Crippen LogP contribution in [0.1, 0.15) is 33.6 Å². The van der Waals surface area contributed by atoms with Crippen molar-refractivity contribution in [3.63, 3.8) is 0 Å². The fourth-order valence-corrected chi connectivity index (χ4v) is 2.65. The summed E-state index contributed by atoms with van der Waals surface area (Å²) in [5.74, 6) is 0. The van der Waals surface area contributed by atoms with Gasteiger partial charge >= 0.3 is 0 Å². The summed E-state index contributed by atoms with van der Waals surface area (Å²) >= 11 is 0. The first-order valence-electron chi connectivity index (χ1n) is 6.16. The van der Waals surface area contributed by atoms with Crippen molar-refractivity contribution >= 4 is 0 Å². The first kappa shape index (κ1) is 12.9. The highest BCUT2D eigenvalue weighted by Gasteiger charge is 2.36. The summed E-state index contributed by atoms with van der Waals surface area (Å²) in [6.07, 6.45) is 2.36. The zero-order valence-electron chi connectivity index (χ0n) is 10.8. The smallest absolute Gasteiger partial charge is 0.0280 e. The van der Waals surface area contributed by atoms with Gasteiger partial charge in [0.2, 0.25) is 0 Å². The molecule has 0 bridgehead atoms. The van der Waals surface area contributed by atoms with Crippen LogP contribution < -0.4 is 5.73 Å². The van der Waals surface area contributed by atoms with Gasteiger partial charge < -0.3 is 10.6 Å². The van der Waals surface area contributed by atoms with Crippen LogP contribution in [0.15, 0.2) is 0 Å². The van der Waals surface area contributed by atoms with Crippen LogP contribution in [0.4, 0.5) is 0 Å². The Morgan fingerprint density at radius 3 is 2.60 bits per heavy atom. The Morgan fingerprint density at radius 1 is 1.40 bits per heavy atom. The van der Waals surface area contributed by atoms with Gasteiger partial charge in [-0.25, -0.2) is 0 Å². The molecule has 1 heterocycles. The van der Waals surface area contributed by atoms with Crippen LogP contribution in [0.3, 0.4) is 0 Å². The third-order valence-electron chi connectivity index (χ3n) is 3.54. The summed E-state index contributed by atoms with van der Waals surface area (Å²) in [6, 6.07) is 0.648. The number of likely N-dealkylation sites (N-methyl/N-ethyl adjacent to an activating group) is 1. The molecular weight excluding hydrogens is 186 g/mol. The molecule has 0 spiro atoms. The molecule has 1 aliphatic heterocycles. The van der Waals surface area contributed by atoms with Gasteiger partial charge in [-0.3, -0.25) is 4.90 Å². The molecule has 0 radical (unpaired) electrons. The lowest BCUT2D eigenvalue weighted by molar-refractivity contribution is -0.00636. The highest BCUT2D eigenvalue weighted by atomic mass is 15.3. The molecule has 1 fully saturated rings. The average Bonchev–Trinajstić information content (AvgIpc) is 2.13. The van der Waals surface area contributed by atoms with E-state index in [2.05, 4.69) is 37.6 Å². The van der Waals surface area contributed by atoms with Crippen molar-refractivity contribution in [3.05, 3.63) is 0 Å². The van der Waals surface area contributed by atoms with E-state index in [1.54, 1.807) is 0 Å². The van der Waals surface area contributed by atoms with Crippen molar-refractivity contribution in [3.8, 4) is 0 Å². The lowest BCUT2D eigenvalue weighted by Crippen LogP contribution is -2.62. The number of rotatable bonds is 4. The number of nitrogens with zero attached hydrogens (tertiary/aromatic N) is 2. The zero-order chi connectivity index (χ0) is 11.5. The maximum absolute atomic E-state index is 5.66. The van der Waals surface area contributed by atoms with Gasteiger partial charge in [-0.2, -0.15) is 0 Å². The molecule has 1 atom stereocenters. The summed E-state index contributed by atoms with van der Waals surface area (Å²) in [5.41, 5.74) is 5.98. The van der Waals surface area contributed by atoms with Crippen molar-refractivity contribution in [1.82, 2.24) is 9.80 Å². The predicted octanol–water partition coefficient (Wildman–Crippen LogP) is 1.14. The van der Waals surface area contributed by atoms with Crippen molar-refractivity contribution in [1.29, 1.82) is 0 Å². The molecule has 0 aliphatic carbocycles. The third-order valence-corrected chi connectivity index (χ3v) is 3.54. The Bertz CT molecular complexity index is 191. The fourth-order valence-electron chi connectivity index (χ4n) is 2.65. The van der Waals surface area contributed by atoms with E-state index in [0.717, 1.165) is 19.5 Å². The topological polar surface area (TPSA) is 32.5 Å². The third kappa shape index (κ3) is 3.16. The first-order chi connectivity index (χ1) is 7.01. The van der Waals surface area contributed by atoms with Crippen molar-refractivity contribution in [2.45, 2.75) is 45.2 Å². The maximum Gasteiger partial charge on any atom is 0.0280 e. The van der Waals surface area contributed by atoms with E-state index < -0.39 is 0 Å². The Balaban J connectivity index is 2.62. The Kier molecular flexibility index (Phi) is 4.56. The van der Waals surface area contributed by atoms with Gasteiger partial charge in [0.15, 0.2) is 0 Å². The van der Waals surface area contributed by atoms with Gasteiger partial charge in [0.25, 0.3) is 0 Å². The van der Waals surface area contributed by atoms with E-state index in [1.165, 1.54) is 19.5 Å². The number of nitrogens with two attached hydrogens (primary N) is 1. The minimum absolute atomic E-state index is 0.315. The van der Waals surface area contributed by atoms with E-state index >= 15 is 0 Å². The Hall–Kier alpha value is -0.120. The number of hydrogen-bond donors (Lipinski definition) is 1. The molecular formula is C12H27N3. The van der Waals surface area contributed by atoms with Crippen LogP contribution in [-0.2, 0) is 0 Å². The highest BCUT2D eigenvalue weighted by Crippen LogP contribution is 2.24. The highest BCUT2D eigenvalue weighted by molar-refractivity contribution is 4.93. The molecule has 3 heteroatoms. The van der Waals surface area contributed by atoms with E-state index in [4.69, 9.17) is 5.73 Å². The minimum atomic E-state index is 0.315. The summed E-state index contributed by atoms with van der Waals surface area (Å²) in [6.45, 7) is 11.3. The van der Waals surface area contributed by atoms with Gasteiger partial charge in [-0.05, 0) is 46.8 Å². The van der Waals surface area contributed by atoms with Gasteiger partial charge in [0.1, 0.15) is 0 Å². The maximum atomic E-state index is 5.66. The molecule has 1 rings (SSSR count). The van der Waals surface area contributed by atoms with Gasteiger partial charge in [0, 0.05) is 24.7 Å². The van der Waals surface area contributed by atoms with Gasteiger partial charge in [0.05, 0.1) is 0 Å². The van der Waals surface area contributed by atoms with Crippen molar-refractivity contribution in [2.75, 3.05) is 33.2 Å². The molecule has 15 heavy (non-hydrogen) atoms. The zero-order valence-corrected chi connectivity index (χ0v) is 10.8. The average molecular weight is 213 g/mol. The largest absolute Gasteiger partial charge is 0.330 e. The standard InChI is InChI=1S/C12H27N3/c1-5-8-15-9-11(6-7-13)14(4)10-12(15,2)3/h11H,5-10,13H2,1-4H3. The van der Waals surface area contributed by atoms with Crippen LogP contribution in [0.2, 0.25) is 0 Å². The molecule has 0 saturated carbocycles. The molecule has 90 valence electrons. The molecule has 0 amide bonds. The molecule has 0 aromatic heterocycles. The number of hydrogen-bond acceptors (Lipinski definition) is 3.